The minimum atomic E-state index is -0.435. The molecule has 2 aliphatic rings. The first-order valence-corrected chi connectivity index (χ1v) is 7.79. The van der Waals surface area contributed by atoms with E-state index < -0.39 is 5.41 Å². The molecule has 3 rings (SSSR count). The SMILES string of the molecule is O=C(OC1CCCC1)C1(c2ccccc2)CCNCC1. The topological polar surface area (TPSA) is 38.3 Å². The summed E-state index contributed by atoms with van der Waals surface area (Å²) in [6, 6.07) is 10.2. The van der Waals surface area contributed by atoms with E-state index in [1.54, 1.807) is 0 Å². The highest BCUT2D eigenvalue weighted by Gasteiger charge is 2.43. The second-order valence-electron chi connectivity index (χ2n) is 6.01. The van der Waals surface area contributed by atoms with Crippen molar-refractivity contribution in [3.8, 4) is 0 Å². The Morgan fingerprint density at radius 3 is 2.40 bits per heavy atom. The molecule has 0 amide bonds. The zero-order chi connectivity index (χ0) is 13.8. The van der Waals surface area contributed by atoms with Crippen molar-refractivity contribution in [2.45, 2.75) is 50.0 Å². The highest BCUT2D eigenvalue weighted by molar-refractivity contribution is 5.83. The van der Waals surface area contributed by atoms with Crippen LogP contribution in [0.15, 0.2) is 30.3 Å². The minimum Gasteiger partial charge on any atom is -0.462 e. The highest BCUT2D eigenvalue weighted by Crippen LogP contribution is 2.36. The van der Waals surface area contributed by atoms with Gasteiger partial charge in [0.2, 0.25) is 0 Å². The van der Waals surface area contributed by atoms with Crippen molar-refractivity contribution in [2.24, 2.45) is 0 Å². The maximum atomic E-state index is 12.8. The molecule has 1 heterocycles. The number of piperidine rings is 1. The van der Waals surface area contributed by atoms with Crippen LogP contribution < -0.4 is 5.32 Å². The first kappa shape index (κ1) is 13.6. The molecule has 20 heavy (non-hydrogen) atoms. The molecule has 1 aliphatic carbocycles. The molecule has 0 bridgehead atoms. The van der Waals surface area contributed by atoms with E-state index in [0.717, 1.165) is 44.3 Å². The van der Waals surface area contributed by atoms with Crippen molar-refractivity contribution >= 4 is 5.97 Å². The molecule has 3 heteroatoms. The molecule has 108 valence electrons. The van der Waals surface area contributed by atoms with Crippen molar-refractivity contribution in [1.29, 1.82) is 0 Å². The predicted octanol–water partition coefficient (Wildman–Crippen LogP) is 2.79. The number of esters is 1. The van der Waals surface area contributed by atoms with Gasteiger partial charge in [0, 0.05) is 0 Å². The van der Waals surface area contributed by atoms with Gasteiger partial charge in [0.15, 0.2) is 0 Å². The van der Waals surface area contributed by atoms with Gasteiger partial charge in [-0.05, 0) is 57.2 Å². The number of carbonyl (C=O) groups excluding carboxylic acids is 1. The van der Waals surface area contributed by atoms with Gasteiger partial charge in [-0.1, -0.05) is 30.3 Å². The van der Waals surface area contributed by atoms with Gasteiger partial charge in [0.1, 0.15) is 6.10 Å². The Kier molecular flexibility index (Phi) is 4.06. The molecule has 1 aromatic rings. The molecule has 1 saturated carbocycles. The number of hydrogen-bond donors (Lipinski definition) is 1. The Morgan fingerprint density at radius 1 is 1.10 bits per heavy atom. The summed E-state index contributed by atoms with van der Waals surface area (Å²) < 4.78 is 5.84. The molecule has 1 aromatic carbocycles. The standard InChI is InChI=1S/C17H23NO2/c19-16(20-15-8-4-5-9-15)17(10-12-18-13-11-17)14-6-2-1-3-7-14/h1-3,6-7,15,18H,4-5,8-13H2. The van der Waals surface area contributed by atoms with Gasteiger partial charge >= 0.3 is 5.97 Å². The first-order chi connectivity index (χ1) is 9.81. The van der Waals surface area contributed by atoms with Gasteiger partial charge in [0.05, 0.1) is 5.41 Å². The highest BCUT2D eigenvalue weighted by atomic mass is 16.5. The van der Waals surface area contributed by atoms with Crippen molar-refractivity contribution in [2.75, 3.05) is 13.1 Å². The smallest absolute Gasteiger partial charge is 0.316 e. The van der Waals surface area contributed by atoms with Gasteiger partial charge < -0.3 is 10.1 Å². The Bertz CT molecular complexity index is 445. The van der Waals surface area contributed by atoms with E-state index >= 15 is 0 Å². The summed E-state index contributed by atoms with van der Waals surface area (Å²) in [5, 5.41) is 3.35. The van der Waals surface area contributed by atoms with Crippen molar-refractivity contribution in [1.82, 2.24) is 5.32 Å². The summed E-state index contributed by atoms with van der Waals surface area (Å²) >= 11 is 0. The zero-order valence-corrected chi connectivity index (χ0v) is 11.9. The zero-order valence-electron chi connectivity index (χ0n) is 11.9. The second kappa shape index (κ2) is 5.96. The Labute approximate surface area is 120 Å². The molecule has 1 aliphatic heterocycles. The maximum absolute atomic E-state index is 12.8. The van der Waals surface area contributed by atoms with E-state index in [4.69, 9.17) is 4.74 Å². The normalized spacial score (nSPS) is 22.6. The molecular weight excluding hydrogens is 250 g/mol. The first-order valence-electron chi connectivity index (χ1n) is 7.79. The maximum Gasteiger partial charge on any atom is 0.316 e. The fourth-order valence-corrected chi connectivity index (χ4v) is 3.49. The van der Waals surface area contributed by atoms with Crippen LogP contribution in [0, 0.1) is 0 Å². The Morgan fingerprint density at radius 2 is 1.75 bits per heavy atom. The van der Waals surface area contributed by atoms with Gasteiger partial charge in [-0.15, -0.1) is 0 Å². The van der Waals surface area contributed by atoms with Crippen LogP contribution in [0.4, 0.5) is 0 Å². The Balaban J connectivity index is 1.83. The molecule has 0 radical (unpaired) electrons. The molecular formula is C17H23NO2. The molecule has 0 spiro atoms. The van der Waals surface area contributed by atoms with E-state index in [0.29, 0.717) is 0 Å². The monoisotopic (exact) mass is 273 g/mol. The fourth-order valence-electron chi connectivity index (χ4n) is 3.49. The minimum absolute atomic E-state index is 0.00269. The summed E-state index contributed by atoms with van der Waals surface area (Å²) in [6.07, 6.45) is 6.28. The molecule has 1 N–H and O–H groups in total. The second-order valence-corrected chi connectivity index (χ2v) is 6.01. The number of ether oxygens (including phenoxy) is 1. The summed E-state index contributed by atoms with van der Waals surface area (Å²) in [6.45, 7) is 1.77. The van der Waals surface area contributed by atoms with Gasteiger partial charge in [-0.25, -0.2) is 0 Å². The summed E-state index contributed by atoms with van der Waals surface area (Å²) in [5.41, 5.74) is 0.680. The molecule has 0 unspecified atom stereocenters. The molecule has 2 fully saturated rings. The van der Waals surface area contributed by atoms with E-state index in [9.17, 15) is 4.79 Å². The van der Waals surface area contributed by atoms with Crippen molar-refractivity contribution in [3.63, 3.8) is 0 Å². The number of carbonyl (C=O) groups is 1. The third-order valence-electron chi connectivity index (χ3n) is 4.75. The van der Waals surface area contributed by atoms with Crippen LogP contribution in [0.2, 0.25) is 0 Å². The van der Waals surface area contributed by atoms with Gasteiger partial charge in [-0.3, -0.25) is 4.79 Å². The van der Waals surface area contributed by atoms with E-state index in [1.165, 1.54) is 12.8 Å². The summed E-state index contributed by atoms with van der Waals surface area (Å²) in [7, 11) is 0. The van der Waals surface area contributed by atoms with Crippen molar-refractivity contribution < 1.29 is 9.53 Å². The van der Waals surface area contributed by atoms with Gasteiger partial charge in [0.25, 0.3) is 0 Å². The lowest BCUT2D eigenvalue weighted by molar-refractivity contribution is -0.157. The van der Waals surface area contributed by atoms with Crippen LogP contribution in [0.1, 0.15) is 44.1 Å². The van der Waals surface area contributed by atoms with Crippen LogP contribution in [0.5, 0.6) is 0 Å². The van der Waals surface area contributed by atoms with Crippen LogP contribution in [0.25, 0.3) is 0 Å². The lowest BCUT2D eigenvalue weighted by Crippen LogP contribution is -2.47. The number of rotatable bonds is 3. The van der Waals surface area contributed by atoms with Crippen LogP contribution >= 0.6 is 0 Å². The van der Waals surface area contributed by atoms with Crippen molar-refractivity contribution in [3.05, 3.63) is 35.9 Å². The largest absolute Gasteiger partial charge is 0.462 e. The quantitative estimate of drug-likeness (QED) is 0.861. The molecule has 0 atom stereocenters. The van der Waals surface area contributed by atoms with Crippen LogP contribution in [-0.2, 0) is 14.9 Å². The number of nitrogens with one attached hydrogen (secondary N) is 1. The number of hydrogen-bond acceptors (Lipinski definition) is 3. The van der Waals surface area contributed by atoms with E-state index in [-0.39, 0.29) is 12.1 Å². The summed E-state index contributed by atoms with van der Waals surface area (Å²) in [5.74, 6) is -0.00269. The van der Waals surface area contributed by atoms with E-state index in [1.807, 2.05) is 18.2 Å². The fraction of sp³-hybridized carbons (Fsp3) is 0.588. The average Bonchev–Trinajstić information content (AvgIpc) is 3.02. The average molecular weight is 273 g/mol. The Hall–Kier alpha value is -1.35. The third kappa shape index (κ3) is 2.59. The van der Waals surface area contributed by atoms with Gasteiger partial charge in [-0.2, -0.15) is 0 Å². The third-order valence-corrected chi connectivity index (χ3v) is 4.75. The lowest BCUT2D eigenvalue weighted by Gasteiger charge is -2.36. The summed E-state index contributed by atoms with van der Waals surface area (Å²) in [4.78, 5) is 12.8. The predicted molar refractivity (Wildman–Crippen MR) is 78.6 cm³/mol. The van der Waals surface area contributed by atoms with Crippen LogP contribution in [-0.4, -0.2) is 25.2 Å². The molecule has 3 nitrogen and oxygen atoms in total. The molecule has 1 saturated heterocycles. The molecule has 0 aromatic heterocycles. The lowest BCUT2D eigenvalue weighted by atomic mass is 9.73. The van der Waals surface area contributed by atoms with Crippen LogP contribution in [0.3, 0.4) is 0 Å². The number of benzene rings is 1. The van der Waals surface area contributed by atoms with E-state index in [2.05, 4.69) is 17.4 Å².